The van der Waals surface area contributed by atoms with Gasteiger partial charge in [-0.15, -0.1) is 0 Å². The lowest BCUT2D eigenvalue weighted by molar-refractivity contribution is -0.137. The van der Waals surface area contributed by atoms with E-state index in [0.29, 0.717) is 12.4 Å². The van der Waals surface area contributed by atoms with Crippen molar-refractivity contribution in [3.8, 4) is 0 Å². The van der Waals surface area contributed by atoms with Crippen LogP contribution in [0.5, 0.6) is 0 Å². The standard InChI is InChI=1S/C10H6F4O/c11-8-4-3-7(2-1-5-15)9(6-8)10(12,13)14/h1-6H. The fraction of sp³-hybridized carbons (Fsp3) is 0.100. The molecule has 0 radical (unpaired) electrons. The van der Waals surface area contributed by atoms with Gasteiger partial charge < -0.3 is 0 Å². The van der Waals surface area contributed by atoms with Gasteiger partial charge in [0.25, 0.3) is 0 Å². The molecule has 0 aromatic heterocycles. The molecule has 15 heavy (non-hydrogen) atoms. The molecule has 1 aromatic rings. The average Bonchev–Trinajstić information content (AvgIpc) is 2.14. The lowest BCUT2D eigenvalue weighted by atomic mass is 10.1. The smallest absolute Gasteiger partial charge is 0.299 e. The number of hydrogen-bond acceptors (Lipinski definition) is 1. The van der Waals surface area contributed by atoms with Crippen molar-refractivity contribution in [3.63, 3.8) is 0 Å². The van der Waals surface area contributed by atoms with Crippen LogP contribution in [0, 0.1) is 5.82 Å². The van der Waals surface area contributed by atoms with E-state index in [2.05, 4.69) is 0 Å². The molecule has 0 bridgehead atoms. The summed E-state index contributed by atoms with van der Waals surface area (Å²) in [5.41, 5.74) is -1.34. The molecule has 0 fully saturated rings. The summed E-state index contributed by atoms with van der Waals surface area (Å²) in [6.07, 6.45) is -2.38. The summed E-state index contributed by atoms with van der Waals surface area (Å²) in [5, 5.41) is 0. The van der Waals surface area contributed by atoms with Crippen LogP contribution in [0.1, 0.15) is 11.1 Å². The molecule has 0 aliphatic heterocycles. The first kappa shape index (κ1) is 11.4. The maximum Gasteiger partial charge on any atom is 0.417 e. The molecule has 0 unspecified atom stereocenters. The first-order valence-corrected chi connectivity index (χ1v) is 3.94. The number of halogens is 4. The highest BCUT2D eigenvalue weighted by Gasteiger charge is 2.33. The molecular formula is C10H6F4O. The van der Waals surface area contributed by atoms with Gasteiger partial charge in [-0.25, -0.2) is 4.39 Å². The van der Waals surface area contributed by atoms with Gasteiger partial charge in [-0.2, -0.15) is 13.2 Å². The Balaban J connectivity index is 3.26. The Labute approximate surface area is 83.0 Å². The molecule has 1 aromatic carbocycles. The predicted octanol–water partition coefficient (Wildman–Crippen LogP) is 3.06. The zero-order chi connectivity index (χ0) is 11.5. The van der Waals surface area contributed by atoms with Crippen molar-refractivity contribution in [2.45, 2.75) is 6.18 Å². The molecule has 0 atom stereocenters. The second-order valence-corrected chi connectivity index (χ2v) is 2.72. The average molecular weight is 218 g/mol. The maximum absolute atomic E-state index is 12.6. The van der Waals surface area contributed by atoms with Crippen LogP contribution in [0.15, 0.2) is 24.3 Å². The van der Waals surface area contributed by atoms with Crippen molar-refractivity contribution in [1.29, 1.82) is 0 Å². The number of benzene rings is 1. The highest BCUT2D eigenvalue weighted by atomic mass is 19.4. The summed E-state index contributed by atoms with van der Waals surface area (Å²) in [7, 11) is 0. The lowest BCUT2D eigenvalue weighted by Gasteiger charge is -2.09. The normalized spacial score (nSPS) is 12.0. The second-order valence-electron chi connectivity index (χ2n) is 2.72. The van der Waals surface area contributed by atoms with Crippen molar-refractivity contribution >= 4 is 12.4 Å². The third-order valence-corrected chi connectivity index (χ3v) is 1.68. The molecule has 0 heterocycles. The van der Waals surface area contributed by atoms with E-state index in [0.717, 1.165) is 24.3 Å². The van der Waals surface area contributed by atoms with E-state index in [1.807, 2.05) is 0 Å². The van der Waals surface area contributed by atoms with Crippen LogP contribution in [0.3, 0.4) is 0 Å². The first-order chi connectivity index (χ1) is 6.95. The van der Waals surface area contributed by atoms with Crippen molar-refractivity contribution in [2.24, 2.45) is 0 Å². The number of carbonyl (C=O) groups is 1. The van der Waals surface area contributed by atoms with Crippen molar-refractivity contribution < 1.29 is 22.4 Å². The Morgan fingerprint density at radius 3 is 2.40 bits per heavy atom. The Kier molecular flexibility index (Phi) is 3.24. The van der Waals surface area contributed by atoms with Gasteiger partial charge in [0.15, 0.2) is 0 Å². The van der Waals surface area contributed by atoms with Gasteiger partial charge in [0.1, 0.15) is 12.1 Å². The minimum absolute atomic E-state index is 0.240. The topological polar surface area (TPSA) is 17.1 Å². The quantitative estimate of drug-likeness (QED) is 0.423. The number of alkyl halides is 3. The molecule has 0 amide bonds. The Morgan fingerprint density at radius 2 is 1.87 bits per heavy atom. The second kappa shape index (κ2) is 4.25. The number of hydrogen-bond donors (Lipinski definition) is 0. The Hall–Kier alpha value is -1.65. The van der Waals surface area contributed by atoms with E-state index in [1.165, 1.54) is 0 Å². The third-order valence-electron chi connectivity index (χ3n) is 1.68. The van der Waals surface area contributed by atoms with Crippen LogP contribution < -0.4 is 0 Å². The predicted molar refractivity (Wildman–Crippen MR) is 46.5 cm³/mol. The molecule has 80 valence electrons. The number of allylic oxidation sites excluding steroid dienone is 1. The van der Waals surface area contributed by atoms with E-state index in [-0.39, 0.29) is 5.56 Å². The van der Waals surface area contributed by atoms with Crippen LogP contribution in [0.25, 0.3) is 6.08 Å². The molecule has 0 saturated heterocycles. The Bertz CT molecular complexity index is 393. The highest BCUT2D eigenvalue weighted by molar-refractivity contribution is 5.74. The fourth-order valence-electron chi connectivity index (χ4n) is 1.06. The van der Waals surface area contributed by atoms with Gasteiger partial charge in [-0.05, 0) is 23.8 Å². The van der Waals surface area contributed by atoms with E-state index in [9.17, 15) is 22.4 Å². The van der Waals surface area contributed by atoms with Crippen LogP contribution in [-0.2, 0) is 11.0 Å². The van der Waals surface area contributed by atoms with Gasteiger partial charge in [0.2, 0.25) is 0 Å². The minimum Gasteiger partial charge on any atom is -0.299 e. The molecule has 0 N–H and O–H groups in total. The molecule has 5 heteroatoms. The largest absolute Gasteiger partial charge is 0.417 e. The fourth-order valence-corrected chi connectivity index (χ4v) is 1.06. The zero-order valence-electron chi connectivity index (χ0n) is 7.38. The monoisotopic (exact) mass is 218 g/mol. The maximum atomic E-state index is 12.6. The van der Waals surface area contributed by atoms with E-state index in [1.54, 1.807) is 0 Å². The van der Waals surface area contributed by atoms with E-state index >= 15 is 0 Å². The lowest BCUT2D eigenvalue weighted by Crippen LogP contribution is -2.07. The van der Waals surface area contributed by atoms with Crippen LogP contribution in [-0.4, -0.2) is 6.29 Å². The highest BCUT2D eigenvalue weighted by Crippen LogP contribution is 2.32. The molecule has 0 saturated carbocycles. The summed E-state index contributed by atoms with van der Waals surface area (Å²) < 4.78 is 49.7. The SMILES string of the molecule is O=CC=Cc1ccc(F)cc1C(F)(F)F. The molecule has 0 spiro atoms. The van der Waals surface area contributed by atoms with Gasteiger partial charge in [-0.3, -0.25) is 4.79 Å². The van der Waals surface area contributed by atoms with Crippen LogP contribution >= 0.6 is 0 Å². The van der Waals surface area contributed by atoms with Crippen LogP contribution in [0.4, 0.5) is 17.6 Å². The van der Waals surface area contributed by atoms with E-state index in [4.69, 9.17) is 0 Å². The summed E-state index contributed by atoms with van der Waals surface area (Å²) >= 11 is 0. The number of aldehydes is 1. The molecule has 0 aliphatic carbocycles. The summed E-state index contributed by atoms with van der Waals surface area (Å²) in [6, 6.07) is 2.27. The van der Waals surface area contributed by atoms with Crippen LogP contribution in [0.2, 0.25) is 0 Å². The Morgan fingerprint density at radius 1 is 1.20 bits per heavy atom. The van der Waals surface area contributed by atoms with Gasteiger partial charge in [0.05, 0.1) is 5.56 Å². The van der Waals surface area contributed by atoms with Gasteiger partial charge in [-0.1, -0.05) is 12.1 Å². The molecule has 1 rings (SSSR count). The minimum atomic E-state index is -4.63. The first-order valence-electron chi connectivity index (χ1n) is 3.94. The number of carbonyl (C=O) groups excluding carboxylic acids is 1. The van der Waals surface area contributed by atoms with E-state index < -0.39 is 17.6 Å². The molecule has 0 aliphatic rings. The summed E-state index contributed by atoms with van der Waals surface area (Å²) in [6.45, 7) is 0. The summed E-state index contributed by atoms with van der Waals surface area (Å²) in [5.74, 6) is -0.967. The molecule has 1 nitrogen and oxygen atoms in total. The van der Waals surface area contributed by atoms with Crippen molar-refractivity contribution in [2.75, 3.05) is 0 Å². The van der Waals surface area contributed by atoms with Gasteiger partial charge in [0, 0.05) is 0 Å². The summed E-state index contributed by atoms with van der Waals surface area (Å²) in [4.78, 5) is 9.96. The molecular weight excluding hydrogens is 212 g/mol. The van der Waals surface area contributed by atoms with Gasteiger partial charge >= 0.3 is 6.18 Å². The van der Waals surface area contributed by atoms with Crippen molar-refractivity contribution in [1.82, 2.24) is 0 Å². The third kappa shape index (κ3) is 2.90. The van der Waals surface area contributed by atoms with Crippen molar-refractivity contribution in [3.05, 3.63) is 41.2 Å². The number of rotatable bonds is 2. The zero-order valence-corrected chi connectivity index (χ0v) is 7.38.